The molecule has 0 spiro atoms. The van der Waals surface area contributed by atoms with Crippen LogP contribution in [0, 0.1) is 0 Å². The van der Waals surface area contributed by atoms with Gasteiger partial charge in [-0.15, -0.1) is 0 Å². The van der Waals surface area contributed by atoms with Crippen LogP contribution < -0.4 is 0 Å². The number of hydrogen-bond donors (Lipinski definition) is 0. The van der Waals surface area contributed by atoms with Crippen LogP contribution in [0.25, 0.3) is 33.4 Å². The zero-order valence-corrected chi connectivity index (χ0v) is 12.9. The third-order valence-corrected chi connectivity index (χ3v) is 4.31. The summed E-state index contributed by atoms with van der Waals surface area (Å²) in [5, 5.41) is 0. The highest BCUT2D eigenvalue weighted by atomic mass is 15.1. The molecule has 2 aromatic heterocycles. The molecule has 0 atom stereocenters. The van der Waals surface area contributed by atoms with Crippen molar-refractivity contribution in [1.82, 2.24) is 19.1 Å². The molecule has 0 amide bonds. The van der Waals surface area contributed by atoms with Gasteiger partial charge in [0, 0.05) is 0 Å². The zero-order chi connectivity index (χ0) is 15.9. The summed E-state index contributed by atoms with van der Waals surface area (Å²) in [6.07, 6.45) is 3.76. The van der Waals surface area contributed by atoms with Crippen LogP contribution in [0.4, 0.5) is 0 Å². The predicted molar refractivity (Wildman–Crippen MR) is 95.7 cm³/mol. The monoisotopic (exact) mass is 310 g/mol. The van der Waals surface area contributed by atoms with Gasteiger partial charge in [0.05, 0.1) is 33.4 Å². The number of hydrogen-bond acceptors (Lipinski definition) is 2. The molecule has 0 N–H and O–H groups in total. The normalized spacial score (nSPS) is 11.3. The maximum atomic E-state index is 4.52. The van der Waals surface area contributed by atoms with Crippen LogP contribution in [0.15, 0.2) is 85.5 Å². The van der Waals surface area contributed by atoms with E-state index in [1.54, 1.807) is 0 Å². The summed E-state index contributed by atoms with van der Waals surface area (Å²) in [6, 6.07) is 24.6. The molecule has 0 radical (unpaired) electrons. The SMILES string of the molecule is c1ccc(-n2cnc3ccccc32)c(-n2cnc3ccccc32)c1. The molecule has 0 aliphatic rings. The summed E-state index contributed by atoms with van der Waals surface area (Å²) in [4.78, 5) is 9.04. The largest absolute Gasteiger partial charge is 0.297 e. The van der Waals surface area contributed by atoms with E-state index >= 15 is 0 Å². The van der Waals surface area contributed by atoms with Gasteiger partial charge in [-0.2, -0.15) is 0 Å². The molecule has 4 nitrogen and oxygen atoms in total. The predicted octanol–water partition coefficient (Wildman–Crippen LogP) is 4.36. The molecule has 5 rings (SSSR count). The van der Waals surface area contributed by atoms with Crippen molar-refractivity contribution in [3.05, 3.63) is 85.5 Å². The van der Waals surface area contributed by atoms with Gasteiger partial charge in [-0.3, -0.25) is 9.13 Å². The van der Waals surface area contributed by atoms with E-state index in [0.29, 0.717) is 0 Å². The molecule has 114 valence electrons. The highest BCUT2D eigenvalue weighted by Gasteiger charge is 2.11. The second-order valence-electron chi connectivity index (χ2n) is 5.70. The van der Waals surface area contributed by atoms with Crippen LogP contribution in [-0.2, 0) is 0 Å². The molecule has 4 heteroatoms. The number of imidazole rings is 2. The average Bonchev–Trinajstić information content (AvgIpc) is 3.26. The number of rotatable bonds is 2. The molecule has 0 aliphatic carbocycles. The lowest BCUT2D eigenvalue weighted by molar-refractivity contribution is 1.02. The first-order valence-corrected chi connectivity index (χ1v) is 7.86. The Morgan fingerprint density at radius 1 is 0.500 bits per heavy atom. The van der Waals surface area contributed by atoms with E-state index < -0.39 is 0 Å². The van der Waals surface area contributed by atoms with Gasteiger partial charge < -0.3 is 0 Å². The van der Waals surface area contributed by atoms with Gasteiger partial charge >= 0.3 is 0 Å². The van der Waals surface area contributed by atoms with Gasteiger partial charge in [0.2, 0.25) is 0 Å². The Kier molecular flexibility index (Phi) is 2.76. The maximum absolute atomic E-state index is 4.52. The minimum Gasteiger partial charge on any atom is -0.297 e. The van der Waals surface area contributed by atoms with Crippen LogP contribution >= 0.6 is 0 Å². The highest BCUT2D eigenvalue weighted by Crippen LogP contribution is 2.26. The Hall–Kier alpha value is -3.40. The number of nitrogens with zero attached hydrogens (tertiary/aromatic N) is 4. The zero-order valence-electron chi connectivity index (χ0n) is 12.9. The van der Waals surface area contributed by atoms with Gasteiger partial charge in [0.15, 0.2) is 0 Å². The number of para-hydroxylation sites is 6. The Balaban J connectivity index is 1.80. The lowest BCUT2D eigenvalue weighted by Gasteiger charge is -2.12. The lowest BCUT2D eigenvalue weighted by atomic mass is 10.2. The third kappa shape index (κ3) is 1.86. The van der Waals surface area contributed by atoms with Crippen LogP contribution in [0.5, 0.6) is 0 Å². The van der Waals surface area contributed by atoms with Crippen LogP contribution in [0.3, 0.4) is 0 Å². The number of benzene rings is 3. The first-order valence-electron chi connectivity index (χ1n) is 7.86. The minimum absolute atomic E-state index is 0.989. The number of fused-ring (bicyclic) bond motifs is 2. The van der Waals surface area contributed by atoms with E-state index in [9.17, 15) is 0 Å². The summed E-state index contributed by atoms with van der Waals surface area (Å²) in [6.45, 7) is 0. The Morgan fingerprint density at radius 3 is 1.42 bits per heavy atom. The fourth-order valence-electron chi connectivity index (χ4n) is 3.17. The lowest BCUT2D eigenvalue weighted by Crippen LogP contribution is -2.01. The summed E-state index contributed by atoms with van der Waals surface area (Å²) in [5.74, 6) is 0. The van der Waals surface area contributed by atoms with Crippen molar-refractivity contribution < 1.29 is 0 Å². The first kappa shape index (κ1) is 13.1. The molecule has 0 saturated carbocycles. The molecular weight excluding hydrogens is 296 g/mol. The molecule has 3 aromatic carbocycles. The average molecular weight is 310 g/mol. The van der Waals surface area contributed by atoms with Gasteiger partial charge in [-0.25, -0.2) is 9.97 Å². The third-order valence-electron chi connectivity index (χ3n) is 4.31. The van der Waals surface area contributed by atoms with Crippen molar-refractivity contribution in [3.8, 4) is 11.4 Å². The van der Waals surface area contributed by atoms with Crippen LogP contribution in [0.2, 0.25) is 0 Å². The molecular formula is C20H14N4. The first-order chi connectivity index (χ1) is 11.9. The standard InChI is InChI=1S/C20H14N4/c1-3-9-17-15(7-1)21-13-23(17)19-11-5-6-12-20(19)24-14-22-16-8-2-4-10-18(16)24/h1-14H. The highest BCUT2D eigenvalue weighted by molar-refractivity contribution is 5.81. The van der Waals surface area contributed by atoms with Crippen molar-refractivity contribution >= 4 is 22.1 Å². The summed E-state index contributed by atoms with van der Waals surface area (Å²) in [7, 11) is 0. The van der Waals surface area contributed by atoms with E-state index in [0.717, 1.165) is 33.4 Å². The van der Waals surface area contributed by atoms with E-state index in [4.69, 9.17) is 0 Å². The topological polar surface area (TPSA) is 35.6 Å². The van der Waals surface area contributed by atoms with E-state index in [1.807, 2.05) is 61.2 Å². The molecule has 24 heavy (non-hydrogen) atoms. The quantitative estimate of drug-likeness (QED) is 0.485. The van der Waals surface area contributed by atoms with Gasteiger partial charge in [0.1, 0.15) is 12.7 Å². The Bertz CT molecular complexity index is 1070. The van der Waals surface area contributed by atoms with E-state index in [1.165, 1.54) is 0 Å². The van der Waals surface area contributed by atoms with Crippen molar-refractivity contribution in [3.63, 3.8) is 0 Å². The second-order valence-corrected chi connectivity index (χ2v) is 5.70. The maximum Gasteiger partial charge on any atom is 0.100 e. The van der Waals surface area contributed by atoms with E-state index in [2.05, 4.69) is 43.4 Å². The fourth-order valence-corrected chi connectivity index (χ4v) is 3.17. The Labute approximate surface area is 138 Å². The van der Waals surface area contributed by atoms with Gasteiger partial charge in [-0.05, 0) is 36.4 Å². The second kappa shape index (κ2) is 5.06. The molecule has 0 bridgehead atoms. The van der Waals surface area contributed by atoms with Crippen molar-refractivity contribution in [1.29, 1.82) is 0 Å². The molecule has 5 aromatic rings. The molecule has 0 saturated heterocycles. The summed E-state index contributed by atoms with van der Waals surface area (Å²) in [5.41, 5.74) is 6.32. The Morgan fingerprint density at radius 2 is 0.917 bits per heavy atom. The molecule has 0 fully saturated rings. The van der Waals surface area contributed by atoms with Gasteiger partial charge in [0.25, 0.3) is 0 Å². The molecule has 2 heterocycles. The summed E-state index contributed by atoms with van der Waals surface area (Å²) < 4.78 is 4.25. The minimum atomic E-state index is 0.989. The van der Waals surface area contributed by atoms with Gasteiger partial charge in [-0.1, -0.05) is 36.4 Å². The van der Waals surface area contributed by atoms with Crippen molar-refractivity contribution in [2.24, 2.45) is 0 Å². The van der Waals surface area contributed by atoms with Crippen LogP contribution in [-0.4, -0.2) is 19.1 Å². The number of aromatic nitrogens is 4. The van der Waals surface area contributed by atoms with Crippen molar-refractivity contribution in [2.75, 3.05) is 0 Å². The van der Waals surface area contributed by atoms with Crippen molar-refractivity contribution in [2.45, 2.75) is 0 Å². The summed E-state index contributed by atoms with van der Waals surface area (Å²) >= 11 is 0. The van der Waals surface area contributed by atoms with Crippen LogP contribution in [0.1, 0.15) is 0 Å². The fraction of sp³-hybridized carbons (Fsp3) is 0. The smallest absolute Gasteiger partial charge is 0.100 e. The molecule has 0 aliphatic heterocycles. The molecule has 0 unspecified atom stereocenters. The van der Waals surface area contributed by atoms with E-state index in [-0.39, 0.29) is 0 Å².